The molecule has 0 unspecified atom stereocenters. The van der Waals surface area contributed by atoms with E-state index in [-0.39, 0.29) is 23.4 Å². The van der Waals surface area contributed by atoms with Crippen LogP contribution in [0.5, 0.6) is 5.75 Å². The average molecular weight is 366 g/mol. The lowest BCUT2D eigenvalue weighted by Gasteiger charge is -2.12. The van der Waals surface area contributed by atoms with Crippen molar-refractivity contribution in [1.29, 1.82) is 0 Å². The van der Waals surface area contributed by atoms with E-state index in [1.807, 2.05) is 19.1 Å². The number of benzene rings is 2. The zero-order valence-corrected chi connectivity index (χ0v) is 15.2. The molecule has 0 spiro atoms. The molecule has 2 aromatic carbocycles. The second-order valence-corrected chi connectivity index (χ2v) is 6.01. The maximum atomic E-state index is 13.0. The first-order valence-electron chi connectivity index (χ1n) is 8.29. The summed E-state index contributed by atoms with van der Waals surface area (Å²) in [5, 5.41) is 5.78. The van der Waals surface area contributed by atoms with Crippen molar-refractivity contribution in [1.82, 2.24) is 9.97 Å². The van der Waals surface area contributed by atoms with Crippen molar-refractivity contribution in [3.63, 3.8) is 0 Å². The number of rotatable bonds is 5. The number of carbonyl (C=O) groups is 1. The molecule has 138 valence electrons. The van der Waals surface area contributed by atoms with E-state index < -0.39 is 0 Å². The molecule has 0 atom stereocenters. The average Bonchev–Trinajstić information content (AvgIpc) is 2.63. The van der Waals surface area contributed by atoms with Crippen LogP contribution in [0.2, 0.25) is 0 Å². The van der Waals surface area contributed by atoms with Crippen LogP contribution < -0.4 is 15.4 Å². The van der Waals surface area contributed by atoms with Gasteiger partial charge in [0.2, 0.25) is 5.95 Å². The standard InChI is InChI=1S/C20H19FN4O2/c1-12-4-9-18(27-3)16(10-12)24-19(26)17-11-13(2)22-20(25-17)23-15-7-5-14(21)6-8-15/h4-11H,1-3H3,(H,24,26)(H,22,23,25). The lowest BCUT2D eigenvalue weighted by Crippen LogP contribution is -2.16. The van der Waals surface area contributed by atoms with Crippen molar-refractivity contribution in [2.45, 2.75) is 13.8 Å². The van der Waals surface area contributed by atoms with Crippen LogP contribution in [0, 0.1) is 19.7 Å². The molecule has 0 saturated carbocycles. The molecule has 0 aliphatic rings. The highest BCUT2D eigenvalue weighted by molar-refractivity contribution is 6.04. The van der Waals surface area contributed by atoms with Crippen molar-refractivity contribution in [3.05, 3.63) is 71.3 Å². The van der Waals surface area contributed by atoms with Crippen LogP contribution in [0.15, 0.2) is 48.5 Å². The zero-order chi connectivity index (χ0) is 19.4. The Morgan fingerprint density at radius 1 is 1.04 bits per heavy atom. The number of amides is 1. The Balaban J connectivity index is 1.84. The van der Waals surface area contributed by atoms with Crippen LogP contribution in [-0.2, 0) is 0 Å². The number of hydrogen-bond acceptors (Lipinski definition) is 5. The Kier molecular flexibility index (Phi) is 5.30. The predicted molar refractivity (Wildman–Crippen MR) is 102 cm³/mol. The molecule has 0 aliphatic heterocycles. The summed E-state index contributed by atoms with van der Waals surface area (Å²) in [5.41, 5.74) is 3.00. The molecule has 0 aliphatic carbocycles. The van der Waals surface area contributed by atoms with Gasteiger partial charge in [-0.25, -0.2) is 14.4 Å². The molecule has 1 heterocycles. The molecule has 1 aromatic heterocycles. The zero-order valence-electron chi connectivity index (χ0n) is 15.2. The number of anilines is 3. The van der Waals surface area contributed by atoms with Crippen LogP contribution in [0.1, 0.15) is 21.7 Å². The minimum atomic E-state index is -0.383. The van der Waals surface area contributed by atoms with E-state index in [1.54, 1.807) is 38.3 Å². The van der Waals surface area contributed by atoms with E-state index in [0.717, 1.165) is 5.56 Å². The van der Waals surface area contributed by atoms with Crippen LogP contribution in [-0.4, -0.2) is 23.0 Å². The van der Waals surface area contributed by atoms with Gasteiger partial charge in [0, 0.05) is 11.4 Å². The first-order valence-corrected chi connectivity index (χ1v) is 8.29. The Bertz CT molecular complexity index is 974. The number of ether oxygens (including phenoxy) is 1. The van der Waals surface area contributed by atoms with E-state index >= 15 is 0 Å². The van der Waals surface area contributed by atoms with Gasteiger partial charge in [-0.15, -0.1) is 0 Å². The molecule has 3 aromatic rings. The highest BCUT2D eigenvalue weighted by atomic mass is 19.1. The number of hydrogen-bond donors (Lipinski definition) is 2. The van der Waals surface area contributed by atoms with E-state index in [0.29, 0.717) is 22.8 Å². The fraction of sp³-hybridized carbons (Fsp3) is 0.150. The lowest BCUT2D eigenvalue weighted by molar-refractivity contribution is 0.102. The number of nitrogens with zero attached hydrogens (tertiary/aromatic N) is 2. The van der Waals surface area contributed by atoms with E-state index in [9.17, 15) is 9.18 Å². The molecule has 1 amide bonds. The minimum absolute atomic E-state index is 0.204. The second kappa shape index (κ2) is 7.82. The van der Waals surface area contributed by atoms with Gasteiger partial charge in [-0.1, -0.05) is 6.07 Å². The van der Waals surface area contributed by atoms with Gasteiger partial charge in [-0.3, -0.25) is 4.79 Å². The summed E-state index contributed by atoms with van der Waals surface area (Å²) >= 11 is 0. The summed E-state index contributed by atoms with van der Waals surface area (Å²) in [5.74, 6) is 0.0942. The van der Waals surface area contributed by atoms with Crippen LogP contribution in [0.25, 0.3) is 0 Å². The van der Waals surface area contributed by atoms with Gasteiger partial charge in [0.15, 0.2) is 0 Å². The van der Waals surface area contributed by atoms with E-state index in [4.69, 9.17) is 4.74 Å². The molecule has 0 fully saturated rings. The van der Waals surface area contributed by atoms with Gasteiger partial charge >= 0.3 is 0 Å². The van der Waals surface area contributed by atoms with E-state index in [2.05, 4.69) is 20.6 Å². The maximum absolute atomic E-state index is 13.0. The van der Waals surface area contributed by atoms with Crippen molar-refractivity contribution in [2.24, 2.45) is 0 Å². The molecule has 2 N–H and O–H groups in total. The summed E-state index contributed by atoms with van der Waals surface area (Å²) < 4.78 is 18.3. The fourth-order valence-electron chi connectivity index (χ4n) is 2.51. The van der Waals surface area contributed by atoms with Gasteiger partial charge < -0.3 is 15.4 Å². The van der Waals surface area contributed by atoms with Crippen LogP contribution >= 0.6 is 0 Å². The Morgan fingerprint density at radius 2 is 1.78 bits per heavy atom. The monoisotopic (exact) mass is 366 g/mol. The number of nitrogens with one attached hydrogen (secondary N) is 2. The normalized spacial score (nSPS) is 10.4. The summed E-state index contributed by atoms with van der Waals surface area (Å²) in [6.07, 6.45) is 0. The highest BCUT2D eigenvalue weighted by Gasteiger charge is 2.14. The number of methoxy groups -OCH3 is 1. The smallest absolute Gasteiger partial charge is 0.274 e. The maximum Gasteiger partial charge on any atom is 0.274 e. The third kappa shape index (κ3) is 4.58. The second-order valence-electron chi connectivity index (χ2n) is 6.01. The number of aryl methyl sites for hydroxylation is 2. The molecule has 0 radical (unpaired) electrons. The minimum Gasteiger partial charge on any atom is -0.495 e. The predicted octanol–water partition coefficient (Wildman–Crippen LogP) is 4.24. The van der Waals surface area contributed by atoms with Crippen molar-refractivity contribution in [2.75, 3.05) is 17.7 Å². The SMILES string of the molecule is COc1ccc(C)cc1NC(=O)c1cc(C)nc(Nc2ccc(F)cc2)n1. The van der Waals surface area contributed by atoms with Crippen LogP contribution in [0.4, 0.5) is 21.7 Å². The lowest BCUT2D eigenvalue weighted by atomic mass is 10.2. The number of aromatic nitrogens is 2. The Morgan fingerprint density at radius 3 is 2.48 bits per heavy atom. The third-order valence-corrected chi connectivity index (χ3v) is 3.79. The fourth-order valence-corrected chi connectivity index (χ4v) is 2.51. The first-order chi connectivity index (χ1) is 12.9. The molecule has 6 nitrogen and oxygen atoms in total. The Labute approximate surface area is 156 Å². The third-order valence-electron chi connectivity index (χ3n) is 3.79. The van der Waals surface area contributed by atoms with Gasteiger partial charge in [0.25, 0.3) is 5.91 Å². The highest BCUT2D eigenvalue weighted by Crippen LogP contribution is 2.25. The topological polar surface area (TPSA) is 76.1 Å². The van der Waals surface area contributed by atoms with Crippen molar-refractivity contribution < 1.29 is 13.9 Å². The largest absolute Gasteiger partial charge is 0.495 e. The van der Waals surface area contributed by atoms with Gasteiger partial charge in [-0.2, -0.15) is 0 Å². The number of halogens is 1. The van der Waals surface area contributed by atoms with Gasteiger partial charge in [0.05, 0.1) is 12.8 Å². The number of carbonyl (C=O) groups excluding carboxylic acids is 1. The van der Waals surface area contributed by atoms with Gasteiger partial charge in [0.1, 0.15) is 17.3 Å². The molecular formula is C20H19FN4O2. The first kappa shape index (κ1) is 18.3. The molecule has 7 heteroatoms. The quantitative estimate of drug-likeness (QED) is 0.706. The summed E-state index contributed by atoms with van der Waals surface area (Å²) in [4.78, 5) is 21.2. The van der Waals surface area contributed by atoms with Crippen LogP contribution in [0.3, 0.4) is 0 Å². The van der Waals surface area contributed by atoms with Gasteiger partial charge in [-0.05, 0) is 61.9 Å². The molecular weight excluding hydrogens is 347 g/mol. The molecule has 27 heavy (non-hydrogen) atoms. The van der Waals surface area contributed by atoms with Crippen molar-refractivity contribution >= 4 is 23.2 Å². The summed E-state index contributed by atoms with van der Waals surface area (Å²) in [6.45, 7) is 3.69. The summed E-state index contributed by atoms with van der Waals surface area (Å²) in [7, 11) is 1.54. The summed E-state index contributed by atoms with van der Waals surface area (Å²) in [6, 6.07) is 12.9. The molecule has 0 saturated heterocycles. The van der Waals surface area contributed by atoms with Crippen molar-refractivity contribution in [3.8, 4) is 5.75 Å². The molecule has 0 bridgehead atoms. The molecule has 3 rings (SSSR count). The van der Waals surface area contributed by atoms with E-state index in [1.165, 1.54) is 12.1 Å². The Hall–Kier alpha value is -3.48.